The van der Waals surface area contributed by atoms with E-state index in [4.69, 9.17) is 16.0 Å². The average molecular weight is 509 g/mol. The SMILES string of the molecule is Cc1cc(C)c2oc3c(c(=O)c2c1)C(c1cccc(Br)c1)N(Cc1ccccc1Cl)C3=O. The van der Waals surface area contributed by atoms with Gasteiger partial charge < -0.3 is 9.32 Å². The summed E-state index contributed by atoms with van der Waals surface area (Å²) >= 11 is 9.92. The minimum atomic E-state index is -0.576. The van der Waals surface area contributed by atoms with Crippen molar-refractivity contribution in [3.63, 3.8) is 0 Å². The highest BCUT2D eigenvalue weighted by atomic mass is 79.9. The zero-order chi connectivity index (χ0) is 22.6. The molecule has 1 aromatic heterocycles. The second-order valence-corrected chi connectivity index (χ2v) is 9.44. The summed E-state index contributed by atoms with van der Waals surface area (Å²) in [5, 5.41) is 1.06. The molecule has 5 rings (SSSR count). The molecule has 0 fully saturated rings. The summed E-state index contributed by atoms with van der Waals surface area (Å²) in [6.45, 7) is 4.09. The number of benzene rings is 3. The molecule has 3 aromatic carbocycles. The van der Waals surface area contributed by atoms with E-state index in [-0.39, 0.29) is 23.6 Å². The molecule has 1 aliphatic rings. The van der Waals surface area contributed by atoms with Crippen LogP contribution >= 0.6 is 27.5 Å². The van der Waals surface area contributed by atoms with Gasteiger partial charge in [-0.3, -0.25) is 9.59 Å². The van der Waals surface area contributed by atoms with Crippen LogP contribution in [0.25, 0.3) is 11.0 Å². The summed E-state index contributed by atoms with van der Waals surface area (Å²) < 4.78 is 6.99. The Balaban J connectivity index is 1.78. The lowest BCUT2D eigenvalue weighted by atomic mass is 9.97. The van der Waals surface area contributed by atoms with Crippen LogP contribution in [0.15, 0.2) is 74.3 Å². The van der Waals surface area contributed by atoms with Gasteiger partial charge in [-0.15, -0.1) is 0 Å². The summed E-state index contributed by atoms with van der Waals surface area (Å²) in [5.41, 5.74) is 4.09. The highest BCUT2D eigenvalue weighted by Crippen LogP contribution is 2.40. The Morgan fingerprint density at radius 3 is 2.56 bits per heavy atom. The maximum absolute atomic E-state index is 13.7. The Morgan fingerprint density at radius 1 is 1.03 bits per heavy atom. The summed E-state index contributed by atoms with van der Waals surface area (Å²) in [4.78, 5) is 29.0. The van der Waals surface area contributed by atoms with Crippen molar-refractivity contribution in [2.75, 3.05) is 0 Å². The highest BCUT2D eigenvalue weighted by Gasteiger charge is 2.43. The molecule has 0 spiro atoms. The van der Waals surface area contributed by atoms with Gasteiger partial charge in [-0.05, 0) is 60.4 Å². The number of rotatable bonds is 3. The van der Waals surface area contributed by atoms with E-state index >= 15 is 0 Å². The third-order valence-corrected chi connectivity index (χ3v) is 6.72. The maximum Gasteiger partial charge on any atom is 0.291 e. The van der Waals surface area contributed by atoms with Gasteiger partial charge in [0, 0.05) is 16.0 Å². The molecule has 32 heavy (non-hydrogen) atoms. The number of hydrogen-bond donors (Lipinski definition) is 0. The Kier molecular flexibility index (Phi) is 5.19. The van der Waals surface area contributed by atoms with Gasteiger partial charge >= 0.3 is 0 Å². The quantitative estimate of drug-likeness (QED) is 0.314. The molecule has 4 nitrogen and oxygen atoms in total. The average Bonchev–Trinajstić information content (AvgIpc) is 3.03. The van der Waals surface area contributed by atoms with E-state index in [0.717, 1.165) is 26.7 Å². The first kappa shape index (κ1) is 21.0. The van der Waals surface area contributed by atoms with Crippen LogP contribution in [0.4, 0.5) is 0 Å². The molecule has 0 aliphatic carbocycles. The van der Waals surface area contributed by atoms with Gasteiger partial charge in [0.15, 0.2) is 5.43 Å². The number of aryl methyl sites for hydroxylation is 2. The van der Waals surface area contributed by atoms with E-state index in [2.05, 4.69) is 15.9 Å². The fourth-order valence-corrected chi connectivity index (χ4v) is 5.08. The monoisotopic (exact) mass is 507 g/mol. The van der Waals surface area contributed by atoms with E-state index in [1.165, 1.54) is 0 Å². The van der Waals surface area contributed by atoms with E-state index < -0.39 is 6.04 Å². The molecule has 6 heteroatoms. The van der Waals surface area contributed by atoms with Gasteiger partial charge in [0.25, 0.3) is 5.91 Å². The summed E-state index contributed by atoms with van der Waals surface area (Å²) in [7, 11) is 0. The van der Waals surface area contributed by atoms with Crippen molar-refractivity contribution in [3.05, 3.63) is 114 Å². The first-order valence-corrected chi connectivity index (χ1v) is 11.4. The van der Waals surface area contributed by atoms with Gasteiger partial charge in [-0.1, -0.05) is 63.9 Å². The Bertz CT molecular complexity index is 1460. The number of nitrogens with zero attached hydrogens (tertiary/aromatic N) is 1. The van der Waals surface area contributed by atoms with Gasteiger partial charge in [-0.25, -0.2) is 0 Å². The van der Waals surface area contributed by atoms with Gasteiger partial charge in [-0.2, -0.15) is 0 Å². The molecular weight excluding hydrogens is 490 g/mol. The molecule has 0 saturated carbocycles. The Morgan fingerprint density at radius 2 is 1.81 bits per heavy atom. The molecule has 0 radical (unpaired) electrons. The highest BCUT2D eigenvalue weighted by molar-refractivity contribution is 9.10. The zero-order valence-electron chi connectivity index (χ0n) is 17.5. The number of fused-ring (bicyclic) bond motifs is 2. The topological polar surface area (TPSA) is 50.5 Å². The van der Waals surface area contributed by atoms with Crippen LogP contribution in [0.1, 0.15) is 44.4 Å². The second kappa shape index (κ2) is 7.91. The molecule has 0 N–H and O–H groups in total. The van der Waals surface area contributed by atoms with Crippen molar-refractivity contribution >= 4 is 44.4 Å². The van der Waals surface area contributed by atoms with E-state index in [9.17, 15) is 9.59 Å². The minimum absolute atomic E-state index is 0.103. The molecular formula is C26H19BrClNO3. The number of halogens is 2. The standard InChI is InChI=1S/C26H19BrClNO3/c1-14-10-15(2)24-19(11-14)23(30)21-22(16-7-5-8-18(27)12-16)29(26(31)25(21)32-24)13-17-6-3-4-9-20(17)28/h3-12,22H,13H2,1-2H3. The zero-order valence-corrected chi connectivity index (χ0v) is 19.8. The number of hydrogen-bond acceptors (Lipinski definition) is 3. The summed E-state index contributed by atoms with van der Waals surface area (Å²) in [6.07, 6.45) is 0. The van der Waals surface area contributed by atoms with Crippen LogP contribution in [0.2, 0.25) is 5.02 Å². The first-order valence-electron chi connectivity index (χ1n) is 10.2. The van der Waals surface area contributed by atoms with Gasteiger partial charge in [0.05, 0.1) is 17.0 Å². The fourth-order valence-electron chi connectivity index (χ4n) is 4.47. The largest absolute Gasteiger partial charge is 0.450 e. The fraction of sp³-hybridized carbons (Fsp3) is 0.154. The van der Waals surface area contributed by atoms with Crippen LogP contribution in [-0.4, -0.2) is 10.8 Å². The molecule has 1 atom stereocenters. The number of carbonyl (C=O) groups excluding carboxylic acids is 1. The van der Waals surface area contributed by atoms with Crippen molar-refractivity contribution in [2.45, 2.75) is 26.4 Å². The van der Waals surface area contributed by atoms with Crippen LogP contribution in [-0.2, 0) is 6.54 Å². The Hall–Kier alpha value is -2.89. The number of carbonyl (C=O) groups is 1. The summed E-state index contributed by atoms with van der Waals surface area (Å²) in [5.74, 6) is -0.213. The van der Waals surface area contributed by atoms with Gasteiger partial charge in [0.2, 0.25) is 5.76 Å². The predicted octanol–water partition coefficient (Wildman–Crippen LogP) is 6.57. The molecule has 1 unspecified atom stereocenters. The van der Waals surface area contributed by atoms with Crippen LogP contribution in [0.3, 0.4) is 0 Å². The maximum atomic E-state index is 13.7. The van der Waals surface area contributed by atoms with Crippen LogP contribution in [0.5, 0.6) is 0 Å². The molecule has 4 aromatic rings. The third kappa shape index (κ3) is 3.37. The smallest absolute Gasteiger partial charge is 0.291 e. The molecule has 0 bridgehead atoms. The lowest BCUT2D eigenvalue weighted by Gasteiger charge is -2.25. The third-order valence-electron chi connectivity index (χ3n) is 5.86. The van der Waals surface area contributed by atoms with Gasteiger partial charge in [0.1, 0.15) is 5.58 Å². The van der Waals surface area contributed by atoms with Crippen molar-refractivity contribution in [3.8, 4) is 0 Å². The molecule has 160 valence electrons. The Labute approximate surface area is 198 Å². The predicted molar refractivity (Wildman–Crippen MR) is 129 cm³/mol. The molecule has 1 aliphatic heterocycles. The van der Waals surface area contributed by atoms with E-state index in [1.54, 1.807) is 11.0 Å². The van der Waals surface area contributed by atoms with Crippen LogP contribution < -0.4 is 5.43 Å². The van der Waals surface area contributed by atoms with Crippen molar-refractivity contribution in [1.82, 2.24) is 4.90 Å². The normalized spacial score (nSPS) is 15.4. The van der Waals surface area contributed by atoms with Crippen molar-refractivity contribution in [2.24, 2.45) is 0 Å². The molecule has 0 saturated heterocycles. The second-order valence-electron chi connectivity index (χ2n) is 8.11. The van der Waals surface area contributed by atoms with E-state index in [0.29, 0.717) is 21.6 Å². The summed E-state index contributed by atoms with van der Waals surface area (Å²) in [6, 6.07) is 18.3. The first-order chi connectivity index (χ1) is 15.3. The van der Waals surface area contributed by atoms with Crippen molar-refractivity contribution < 1.29 is 9.21 Å². The number of amides is 1. The minimum Gasteiger partial charge on any atom is -0.450 e. The molecule has 1 amide bonds. The van der Waals surface area contributed by atoms with E-state index in [1.807, 2.05) is 68.4 Å². The molecule has 2 heterocycles. The van der Waals surface area contributed by atoms with Crippen molar-refractivity contribution in [1.29, 1.82) is 0 Å². The van der Waals surface area contributed by atoms with Crippen LogP contribution in [0, 0.1) is 13.8 Å². The lowest BCUT2D eigenvalue weighted by Crippen LogP contribution is -2.29. The lowest BCUT2D eigenvalue weighted by molar-refractivity contribution is 0.0714.